The molecule has 0 bridgehead atoms. The van der Waals surface area contributed by atoms with E-state index in [2.05, 4.69) is 10.1 Å². The zero-order valence-electron chi connectivity index (χ0n) is 9.55. The van der Waals surface area contributed by atoms with Gasteiger partial charge in [-0.2, -0.15) is 0 Å². The molecule has 5 nitrogen and oxygen atoms in total. The Hall–Kier alpha value is -2.56. The third-order valence-electron chi connectivity index (χ3n) is 2.38. The van der Waals surface area contributed by atoms with Gasteiger partial charge in [0, 0.05) is 5.69 Å². The van der Waals surface area contributed by atoms with Crippen molar-refractivity contribution in [2.45, 2.75) is 0 Å². The molecule has 0 aliphatic rings. The molecular weight excluding hydrogens is 232 g/mol. The molecule has 92 valence electrons. The van der Waals surface area contributed by atoms with Gasteiger partial charge in [-0.3, -0.25) is 4.79 Å². The first-order valence-corrected chi connectivity index (χ1v) is 5.36. The van der Waals surface area contributed by atoms with Crippen molar-refractivity contribution in [3.8, 4) is 0 Å². The highest BCUT2D eigenvalue weighted by molar-refractivity contribution is 5.95. The van der Waals surface area contributed by atoms with Gasteiger partial charge >= 0.3 is 6.09 Å². The second-order valence-electron chi connectivity index (χ2n) is 3.72. The highest BCUT2D eigenvalue weighted by atomic mass is 16.5. The lowest BCUT2D eigenvalue weighted by Gasteiger charge is -2.06. The highest BCUT2D eigenvalue weighted by Crippen LogP contribution is 2.18. The van der Waals surface area contributed by atoms with Crippen molar-refractivity contribution < 1.29 is 14.3 Å². The molecule has 5 heteroatoms. The van der Waals surface area contributed by atoms with Crippen molar-refractivity contribution in [3.05, 3.63) is 42.5 Å². The third kappa shape index (κ3) is 2.98. The first-order valence-electron chi connectivity index (χ1n) is 5.36. The number of nitrogens with one attached hydrogen (secondary N) is 1. The van der Waals surface area contributed by atoms with Crippen molar-refractivity contribution in [1.82, 2.24) is 0 Å². The second kappa shape index (κ2) is 5.18. The Labute approximate surface area is 104 Å². The number of nitrogens with two attached hydrogens (primary N) is 1. The molecule has 0 fully saturated rings. The summed E-state index contributed by atoms with van der Waals surface area (Å²) < 4.78 is 4.39. The molecular formula is C13H12N2O3. The van der Waals surface area contributed by atoms with Crippen molar-refractivity contribution in [1.29, 1.82) is 0 Å². The van der Waals surface area contributed by atoms with Gasteiger partial charge in [-0.15, -0.1) is 0 Å². The fourth-order valence-electron chi connectivity index (χ4n) is 1.60. The van der Waals surface area contributed by atoms with Gasteiger partial charge in [0.25, 0.3) is 5.91 Å². The van der Waals surface area contributed by atoms with E-state index in [-0.39, 0.29) is 6.61 Å². The van der Waals surface area contributed by atoms with E-state index in [0.29, 0.717) is 5.69 Å². The van der Waals surface area contributed by atoms with Gasteiger partial charge < -0.3 is 15.8 Å². The van der Waals surface area contributed by atoms with Crippen molar-refractivity contribution in [2.75, 3.05) is 11.9 Å². The minimum absolute atomic E-state index is 0.387. The molecule has 0 radical (unpaired) electrons. The molecule has 2 amide bonds. The maximum absolute atomic E-state index is 11.4. The molecule has 0 aliphatic heterocycles. The predicted octanol–water partition coefficient (Wildman–Crippen LogP) is 1.87. The number of benzene rings is 2. The number of anilines is 1. The summed E-state index contributed by atoms with van der Waals surface area (Å²) in [6, 6.07) is 13.3. The lowest BCUT2D eigenvalue weighted by atomic mass is 10.1. The Kier molecular flexibility index (Phi) is 3.43. The van der Waals surface area contributed by atoms with Gasteiger partial charge in [0.1, 0.15) is 0 Å². The Balaban J connectivity index is 2.07. The Morgan fingerprint density at radius 2 is 1.83 bits per heavy atom. The lowest BCUT2D eigenvalue weighted by Crippen LogP contribution is -2.23. The maximum atomic E-state index is 11.4. The number of hydrogen-bond donors (Lipinski definition) is 2. The standard InChI is InChI=1S/C13H12N2O3/c14-13(17)18-8-12(16)15-11-6-5-9-3-1-2-4-10(9)7-11/h1-7H,8H2,(H2,14,17)(H,15,16). The number of ether oxygens (including phenoxy) is 1. The minimum Gasteiger partial charge on any atom is -0.440 e. The van der Waals surface area contributed by atoms with E-state index in [4.69, 9.17) is 5.73 Å². The summed E-state index contributed by atoms with van der Waals surface area (Å²) in [6.45, 7) is -0.387. The zero-order valence-corrected chi connectivity index (χ0v) is 9.55. The third-order valence-corrected chi connectivity index (χ3v) is 2.38. The molecule has 0 spiro atoms. The summed E-state index contributed by atoms with van der Waals surface area (Å²) in [5, 5.41) is 4.72. The highest BCUT2D eigenvalue weighted by Gasteiger charge is 2.05. The number of rotatable bonds is 3. The lowest BCUT2D eigenvalue weighted by molar-refractivity contribution is -0.118. The molecule has 2 aromatic rings. The fourth-order valence-corrected chi connectivity index (χ4v) is 1.60. The van der Waals surface area contributed by atoms with Gasteiger partial charge in [0.15, 0.2) is 6.61 Å². The zero-order chi connectivity index (χ0) is 13.0. The number of fused-ring (bicyclic) bond motifs is 1. The molecule has 18 heavy (non-hydrogen) atoms. The quantitative estimate of drug-likeness (QED) is 0.864. The summed E-state index contributed by atoms with van der Waals surface area (Å²) in [6.07, 6.45) is -0.969. The van der Waals surface area contributed by atoms with E-state index < -0.39 is 12.0 Å². The molecule has 0 saturated carbocycles. The summed E-state index contributed by atoms with van der Waals surface area (Å²) in [5.74, 6) is -0.427. The maximum Gasteiger partial charge on any atom is 0.405 e. The molecule has 0 atom stereocenters. The summed E-state index contributed by atoms with van der Waals surface area (Å²) in [7, 11) is 0. The topological polar surface area (TPSA) is 81.4 Å². The van der Waals surface area contributed by atoms with Crippen LogP contribution in [0, 0.1) is 0 Å². The van der Waals surface area contributed by atoms with Crippen molar-refractivity contribution in [2.24, 2.45) is 5.73 Å². The summed E-state index contributed by atoms with van der Waals surface area (Å²) >= 11 is 0. The number of primary amides is 1. The fraction of sp³-hybridized carbons (Fsp3) is 0.0769. The number of carbonyl (C=O) groups is 2. The van der Waals surface area contributed by atoms with Crippen LogP contribution in [0.3, 0.4) is 0 Å². The number of hydrogen-bond acceptors (Lipinski definition) is 3. The van der Waals surface area contributed by atoms with Crippen LogP contribution in [0.15, 0.2) is 42.5 Å². The van der Waals surface area contributed by atoms with Crippen molar-refractivity contribution >= 4 is 28.5 Å². The van der Waals surface area contributed by atoms with Crippen LogP contribution in [0.2, 0.25) is 0 Å². The van der Waals surface area contributed by atoms with Crippen molar-refractivity contribution in [3.63, 3.8) is 0 Å². The first kappa shape index (κ1) is 11.9. The van der Waals surface area contributed by atoms with Gasteiger partial charge in [0.2, 0.25) is 0 Å². The van der Waals surface area contributed by atoms with Crippen LogP contribution in [0.1, 0.15) is 0 Å². The smallest absolute Gasteiger partial charge is 0.405 e. The molecule has 0 heterocycles. The number of amides is 2. The van der Waals surface area contributed by atoms with Crippen LogP contribution in [0.25, 0.3) is 10.8 Å². The summed E-state index contributed by atoms with van der Waals surface area (Å²) in [4.78, 5) is 21.8. The normalized spacial score (nSPS) is 10.0. The van der Waals surface area contributed by atoms with Crippen LogP contribution in [0.4, 0.5) is 10.5 Å². The van der Waals surface area contributed by atoms with Crippen LogP contribution < -0.4 is 11.1 Å². The van der Waals surface area contributed by atoms with Gasteiger partial charge in [-0.1, -0.05) is 30.3 Å². The molecule has 3 N–H and O–H groups in total. The van der Waals surface area contributed by atoms with Gasteiger partial charge in [-0.25, -0.2) is 4.79 Å². The molecule has 0 saturated heterocycles. The SMILES string of the molecule is NC(=O)OCC(=O)Nc1ccc2ccccc2c1. The van der Waals surface area contributed by atoms with E-state index >= 15 is 0 Å². The summed E-state index contributed by atoms with van der Waals surface area (Å²) in [5.41, 5.74) is 5.41. The number of carbonyl (C=O) groups excluding carboxylic acids is 2. The predicted molar refractivity (Wildman–Crippen MR) is 68.1 cm³/mol. The van der Waals surface area contributed by atoms with E-state index in [9.17, 15) is 9.59 Å². The molecule has 2 rings (SSSR count). The van der Waals surface area contributed by atoms with Crippen LogP contribution >= 0.6 is 0 Å². The van der Waals surface area contributed by atoms with Gasteiger partial charge in [-0.05, 0) is 22.9 Å². The Morgan fingerprint density at radius 1 is 1.11 bits per heavy atom. The Bertz CT molecular complexity index is 596. The van der Waals surface area contributed by atoms with E-state index in [1.165, 1.54) is 0 Å². The van der Waals surface area contributed by atoms with E-state index in [0.717, 1.165) is 10.8 Å². The first-order chi connectivity index (χ1) is 8.65. The molecule has 0 unspecified atom stereocenters. The molecule has 0 aliphatic carbocycles. The van der Waals surface area contributed by atoms with Crippen LogP contribution in [-0.2, 0) is 9.53 Å². The Morgan fingerprint density at radius 3 is 2.56 bits per heavy atom. The van der Waals surface area contributed by atoms with E-state index in [1.54, 1.807) is 6.07 Å². The van der Waals surface area contributed by atoms with E-state index in [1.807, 2.05) is 36.4 Å². The monoisotopic (exact) mass is 244 g/mol. The average Bonchev–Trinajstić information content (AvgIpc) is 2.36. The molecule has 0 aromatic heterocycles. The minimum atomic E-state index is -0.969. The molecule has 2 aromatic carbocycles. The van der Waals surface area contributed by atoms with Crippen LogP contribution in [0.5, 0.6) is 0 Å². The second-order valence-corrected chi connectivity index (χ2v) is 3.72. The largest absolute Gasteiger partial charge is 0.440 e. The van der Waals surface area contributed by atoms with Gasteiger partial charge in [0.05, 0.1) is 0 Å². The van der Waals surface area contributed by atoms with Crippen LogP contribution in [-0.4, -0.2) is 18.6 Å². The average molecular weight is 244 g/mol.